The molecule has 0 amide bonds. The van der Waals surface area contributed by atoms with E-state index in [1.165, 1.54) is 17.3 Å². The van der Waals surface area contributed by atoms with Crippen molar-refractivity contribution in [1.29, 1.82) is 0 Å². The van der Waals surface area contributed by atoms with E-state index in [4.69, 9.17) is 21.7 Å². The highest BCUT2D eigenvalue weighted by Crippen LogP contribution is 2.43. The van der Waals surface area contributed by atoms with E-state index in [1.807, 2.05) is 41.0 Å². The van der Waals surface area contributed by atoms with Crippen molar-refractivity contribution < 1.29 is 4.39 Å². The minimum absolute atomic E-state index is 0.241. The molecule has 0 N–H and O–H groups in total. The van der Waals surface area contributed by atoms with Crippen LogP contribution < -0.4 is 0 Å². The number of fused-ring (bicyclic) bond motifs is 3. The Hall–Kier alpha value is -2.72. The van der Waals surface area contributed by atoms with Gasteiger partial charge in [0.1, 0.15) is 5.82 Å². The fourth-order valence-corrected chi connectivity index (χ4v) is 5.01. The SMILES string of the molecule is CCC(C)(C)[C@@H]1CCc2c(c(-c3cccc(F)c3)nc3c(-c4ccc(Cl)cc4)cnn23)C1. The maximum Gasteiger partial charge on any atom is 0.163 e. The summed E-state index contributed by atoms with van der Waals surface area (Å²) in [6, 6.07) is 14.5. The van der Waals surface area contributed by atoms with Crippen molar-refractivity contribution in [3.63, 3.8) is 0 Å². The number of aryl methyl sites for hydroxylation is 1. The van der Waals surface area contributed by atoms with Gasteiger partial charge in [-0.3, -0.25) is 0 Å². The van der Waals surface area contributed by atoms with Crippen LogP contribution in [-0.2, 0) is 12.8 Å². The molecule has 1 aliphatic carbocycles. The highest BCUT2D eigenvalue weighted by molar-refractivity contribution is 6.30. The molecule has 164 valence electrons. The van der Waals surface area contributed by atoms with Crippen molar-refractivity contribution in [3.05, 3.63) is 76.8 Å². The van der Waals surface area contributed by atoms with Gasteiger partial charge in [0.15, 0.2) is 5.65 Å². The topological polar surface area (TPSA) is 30.2 Å². The van der Waals surface area contributed by atoms with E-state index in [0.29, 0.717) is 10.9 Å². The normalized spacial score (nSPS) is 16.3. The van der Waals surface area contributed by atoms with Gasteiger partial charge in [-0.2, -0.15) is 5.10 Å². The molecular weight excluding hydrogens is 421 g/mol. The zero-order valence-electron chi connectivity index (χ0n) is 18.7. The summed E-state index contributed by atoms with van der Waals surface area (Å²) in [6.07, 6.45) is 5.99. The molecule has 0 radical (unpaired) electrons. The first-order valence-corrected chi connectivity index (χ1v) is 11.7. The molecule has 0 aliphatic heterocycles. The van der Waals surface area contributed by atoms with Gasteiger partial charge in [-0.1, -0.05) is 63.1 Å². The minimum atomic E-state index is -0.245. The number of hydrogen-bond acceptors (Lipinski definition) is 2. The molecule has 2 aromatic heterocycles. The average Bonchev–Trinajstić information content (AvgIpc) is 3.23. The van der Waals surface area contributed by atoms with Crippen molar-refractivity contribution in [1.82, 2.24) is 14.6 Å². The average molecular weight is 448 g/mol. The molecule has 0 fully saturated rings. The number of aromatic nitrogens is 3. The molecule has 0 unspecified atom stereocenters. The third-order valence-corrected chi connectivity index (χ3v) is 7.55. The second-order valence-electron chi connectivity index (χ2n) is 9.48. The quantitative estimate of drug-likeness (QED) is 0.326. The molecule has 3 nitrogen and oxygen atoms in total. The van der Waals surface area contributed by atoms with Crippen molar-refractivity contribution in [2.24, 2.45) is 11.3 Å². The molecular formula is C27H27ClFN3. The predicted molar refractivity (Wildman–Crippen MR) is 128 cm³/mol. The Labute approximate surface area is 193 Å². The molecule has 5 heteroatoms. The molecule has 32 heavy (non-hydrogen) atoms. The lowest BCUT2D eigenvalue weighted by Gasteiger charge is -2.37. The summed E-state index contributed by atoms with van der Waals surface area (Å²) in [5.41, 5.74) is 7.11. The van der Waals surface area contributed by atoms with Gasteiger partial charge in [0.05, 0.1) is 11.9 Å². The first kappa shape index (κ1) is 21.1. The van der Waals surface area contributed by atoms with Crippen molar-refractivity contribution >= 4 is 17.2 Å². The Kier molecular flexibility index (Phi) is 5.29. The van der Waals surface area contributed by atoms with Gasteiger partial charge in [-0.05, 0) is 60.4 Å². The highest BCUT2D eigenvalue weighted by Gasteiger charge is 2.34. The number of rotatable bonds is 4. The van der Waals surface area contributed by atoms with Crippen LogP contribution in [0, 0.1) is 17.2 Å². The highest BCUT2D eigenvalue weighted by atomic mass is 35.5. The molecule has 1 atom stereocenters. The van der Waals surface area contributed by atoms with E-state index in [-0.39, 0.29) is 11.2 Å². The third-order valence-electron chi connectivity index (χ3n) is 7.30. The molecule has 4 aromatic rings. The van der Waals surface area contributed by atoms with Crippen LogP contribution in [0.25, 0.3) is 28.0 Å². The van der Waals surface area contributed by atoms with E-state index < -0.39 is 0 Å². The first-order valence-electron chi connectivity index (χ1n) is 11.3. The van der Waals surface area contributed by atoms with Crippen LogP contribution in [0.2, 0.25) is 5.02 Å². The van der Waals surface area contributed by atoms with Gasteiger partial charge < -0.3 is 0 Å². The monoisotopic (exact) mass is 447 g/mol. The van der Waals surface area contributed by atoms with Gasteiger partial charge in [-0.15, -0.1) is 0 Å². The Morgan fingerprint density at radius 3 is 2.62 bits per heavy atom. The third kappa shape index (κ3) is 3.61. The lowest BCUT2D eigenvalue weighted by molar-refractivity contribution is 0.181. The van der Waals surface area contributed by atoms with Crippen LogP contribution in [0.15, 0.2) is 54.7 Å². The molecule has 1 aliphatic rings. The van der Waals surface area contributed by atoms with Crippen molar-refractivity contribution in [2.75, 3.05) is 0 Å². The fraction of sp³-hybridized carbons (Fsp3) is 0.333. The van der Waals surface area contributed by atoms with E-state index in [1.54, 1.807) is 12.1 Å². The zero-order valence-corrected chi connectivity index (χ0v) is 19.5. The number of nitrogens with zero attached hydrogens (tertiary/aromatic N) is 3. The molecule has 2 aromatic carbocycles. The lowest BCUT2D eigenvalue weighted by atomic mass is 9.68. The van der Waals surface area contributed by atoms with Gasteiger partial charge in [-0.25, -0.2) is 13.9 Å². The molecule has 0 saturated heterocycles. The van der Waals surface area contributed by atoms with E-state index in [2.05, 4.69) is 20.8 Å². The molecule has 0 bridgehead atoms. The summed E-state index contributed by atoms with van der Waals surface area (Å²) in [6.45, 7) is 6.96. The van der Waals surface area contributed by atoms with Crippen LogP contribution in [-0.4, -0.2) is 14.6 Å². The molecule has 0 saturated carbocycles. The standard InChI is InChI=1S/C27H27ClFN3/c1-4-27(2,3)19-10-13-24-22(15-19)25(18-6-5-7-21(29)14-18)31-26-23(16-30-32(24)26)17-8-11-20(28)12-9-17/h5-9,11-12,14,16,19H,4,10,13,15H2,1-3H3/t19-/m1/s1. The van der Waals surface area contributed by atoms with Crippen molar-refractivity contribution in [2.45, 2.75) is 46.5 Å². The summed E-state index contributed by atoms with van der Waals surface area (Å²) in [4.78, 5) is 5.10. The maximum atomic E-state index is 14.2. The first-order chi connectivity index (χ1) is 15.4. The summed E-state index contributed by atoms with van der Waals surface area (Å²) in [7, 11) is 0. The van der Waals surface area contributed by atoms with Crippen LogP contribution in [0.1, 0.15) is 44.9 Å². The van der Waals surface area contributed by atoms with Gasteiger partial charge in [0.2, 0.25) is 0 Å². The van der Waals surface area contributed by atoms with Gasteiger partial charge >= 0.3 is 0 Å². The number of hydrogen-bond donors (Lipinski definition) is 0. The minimum Gasteiger partial charge on any atom is -0.228 e. The predicted octanol–water partition coefficient (Wildman–Crippen LogP) is 7.40. The summed E-state index contributed by atoms with van der Waals surface area (Å²) < 4.78 is 16.2. The van der Waals surface area contributed by atoms with Crippen LogP contribution in [0.5, 0.6) is 0 Å². The smallest absolute Gasteiger partial charge is 0.163 e. The summed E-state index contributed by atoms with van der Waals surface area (Å²) in [5.74, 6) is 0.309. The molecule has 0 spiro atoms. The lowest BCUT2D eigenvalue weighted by Crippen LogP contribution is -2.30. The molecule has 2 heterocycles. The fourth-order valence-electron chi connectivity index (χ4n) is 4.88. The number of benzene rings is 2. The Morgan fingerprint density at radius 2 is 1.91 bits per heavy atom. The largest absolute Gasteiger partial charge is 0.228 e. The van der Waals surface area contributed by atoms with E-state index >= 15 is 0 Å². The maximum absolute atomic E-state index is 14.2. The summed E-state index contributed by atoms with van der Waals surface area (Å²) in [5, 5.41) is 5.43. The van der Waals surface area contributed by atoms with Gasteiger partial charge in [0.25, 0.3) is 0 Å². The second-order valence-corrected chi connectivity index (χ2v) is 9.91. The number of halogens is 2. The Balaban J connectivity index is 1.74. The van der Waals surface area contributed by atoms with Gasteiger partial charge in [0, 0.05) is 27.4 Å². The van der Waals surface area contributed by atoms with E-state index in [9.17, 15) is 4.39 Å². The zero-order chi connectivity index (χ0) is 22.5. The second kappa shape index (κ2) is 8.00. The van der Waals surface area contributed by atoms with Crippen LogP contribution in [0.3, 0.4) is 0 Å². The van der Waals surface area contributed by atoms with Crippen molar-refractivity contribution in [3.8, 4) is 22.4 Å². The van der Waals surface area contributed by atoms with E-state index in [0.717, 1.165) is 53.7 Å². The summed E-state index contributed by atoms with van der Waals surface area (Å²) >= 11 is 6.10. The Morgan fingerprint density at radius 1 is 1.12 bits per heavy atom. The molecule has 5 rings (SSSR count). The van der Waals surface area contributed by atoms with Crippen LogP contribution >= 0.6 is 11.6 Å². The Bertz CT molecular complexity index is 1290. The van der Waals surface area contributed by atoms with Crippen LogP contribution in [0.4, 0.5) is 4.39 Å².